The average molecular weight is 439 g/mol. The number of benzene rings is 1. The highest BCUT2D eigenvalue weighted by atomic mass is 32.2. The van der Waals surface area contributed by atoms with Crippen LogP contribution in [-0.4, -0.2) is 12.4 Å². The number of hydrogen-bond donors (Lipinski definition) is 0. The number of unbranched alkanes of at least 4 members (excludes halogenated alkanes) is 2. The van der Waals surface area contributed by atoms with Gasteiger partial charge in [-0.15, -0.1) is 11.8 Å². The summed E-state index contributed by atoms with van der Waals surface area (Å²) in [6, 6.07) is 3.33. The van der Waals surface area contributed by atoms with Gasteiger partial charge in [-0.2, -0.15) is 4.39 Å². The molecule has 0 atom stereocenters. The van der Waals surface area contributed by atoms with Crippen molar-refractivity contribution in [2.75, 3.05) is 12.4 Å². The number of hydrogen-bond acceptors (Lipinski definition) is 2. The summed E-state index contributed by atoms with van der Waals surface area (Å²) in [5.74, 6) is 2.17. The molecule has 2 aliphatic rings. The highest BCUT2D eigenvalue weighted by Gasteiger charge is 2.23. The summed E-state index contributed by atoms with van der Waals surface area (Å²) in [5, 5.41) is 0. The van der Waals surface area contributed by atoms with E-state index in [2.05, 4.69) is 13.8 Å². The monoisotopic (exact) mass is 438 g/mol. The van der Waals surface area contributed by atoms with E-state index in [1.807, 2.05) is 0 Å². The van der Waals surface area contributed by atoms with Crippen LogP contribution in [0.4, 0.5) is 8.78 Å². The Morgan fingerprint density at radius 3 is 2.23 bits per heavy atom. The Kier molecular flexibility index (Phi) is 9.80. The van der Waals surface area contributed by atoms with E-state index in [1.54, 1.807) is 12.1 Å². The normalized spacial score (nSPS) is 27.2. The molecule has 1 aromatic rings. The van der Waals surface area contributed by atoms with E-state index < -0.39 is 11.6 Å². The van der Waals surface area contributed by atoms with Gasteiger partial charge in [0.25, 0.3) is 0 Å². The summed E-state index contributed by atoms with van der Waals surface area (Å²) >= 11 is 1.47. The van der Waals surface area contributed by atoms with Gasteiger partial charge in [-0.1, -0.05) is 65.2 Å². The van der Waals surface area contributed by atoms with Crippen LogP contribution in [0, 0.1) is 35.3 Å². The fraction of sp³-hybridized carbons (Fsp3) is 0.769. The van der Waals surface area contributed by atoms with E-state index in [0.29, 0.717) is 23.3 Å². The van der Waals surface area contributed by atoms with Crippen molar-refractivity contribution in [2.24, 2.45) is 23.7 Å². The van der Waals surface area contributed by atoms with Crippen LogP contribution in [-0.2, 0) is 0 Å². The van der Waals surface area contributed by atoms with Crippen molar-refractivity contribution in [1.82, 2.24) is 0 Å². The van der Waals surface area contributed by atoms with Gasteiger partial charge in [0.15, 0.2) is 11.6 Å². The Balaban J connectivity index is 1.42. The molecule has 0 heterocycles. The first-order valence-corrected chi connectivity index (χ1v) is 13.3. The van der Waals surface area contributed by atoms with Crippen LogP contribution in [0.15, 0.2) is 17.0 Å². The number of ether oxygens (including phenoxy) is 1. The maximum atomic E-state index is 14.6. The third-order valence-corrected chi connectivity index (χ3v) is 8.54. The average Bonchev–Trinajstić information content (AvgIpc) is 2.76. The van der Waals surface area contributed by atoms with Crippen LogP contribution in [0.5, 0.6) is 5.75 Å². The van der Waals surface area contributed by atoms with Gasteiger partial charge in [-0.3, -0.25) is 0 Å². The molecule has 4 heteroatoms. The molecule has 0 N–H and O–H groups in total. The maximum Gasteiger partial charge on any atom is 0.201 e. The minimum atomic E-state index is -0.816. The molecule has 0 unspecified atom stereocenters. The van der Waals surface area contributed by atoms with Gasteiger partial charge >= 0.3 is 0 Å². The summed E-state index contributed by atoms with van der Waals surface area (Å²) in [5.41, 5.74) is 0. The van der Waals surface area contributed by atoms with Crippen molar-refractivity contribution in [1.29, 1.82) is 0 Å². The van der Waals surface area contributed by atoms with Crippen LogP contribution >= 0.6 is 11.8 Å². The van der Waals surface area contributed by atoms with Gasteiger partial charge in [-0.05, 0) is 61.5 Å². The Hall–Kier alpha value is -0.770. The van der Waals surface area contributed by atoms with Crippen LogP contribution in [0.1, 0.15) is 90.9 Å². The second-order valence-corrected chi connectivity index (χ2v) is 10.9. The smallest absolute Gasteiger partial charge is 0.201 e. The molecule has 0 radical (unpaired) electrons. The fourth-order valence-corrected chi connectivity index (χ4v) is 6.15. The molecule has 2 aliphatic carbocycles. The summed E-state index contributed by atoms with van der Waals surface area (Å²) in [6.07, 6.45) is 15.1. The van der Waals surface area contributed by atoms with E-state index >= 15 is 0 Å². The van der Waals surface area contributed by atoms with E-state index in [4.69, 9.17) is 4.74 Å². The van der Waals surface area contributed by atoms with Gasteiger partial charge in [0.05, 0.1) is 6.61 Å². The molecule has 3 rings (SSSR count). The lowest BCUT2D eigenvalue weighted by atomic mass is 9.80. The van der Waals surface area contributed by atoms with Crippen molar-refractivity contribution in [3.05, 3.63) is 23.8 Å². The Bertz CT molecular complexity index is 634. The molecular weight excluding hydrogens is 398 g/mol. The largest absolute Gasteiger partial charge is 0.490 e. The van der Waals surface area contributed by atoms with Crippen molar-refractivity contribution in [2.45, 2.75) is 95.8 Å². The number of thioether (sulfide) groups is 1. The fourth-order valence-electron chi connectivity index (χ4n) is 5.02. The molecular formula is C26H40F2OS. The first kappa shape index (κ1) is 23.9. The molecule has 170 valence electrons. The molecule has 0 bridgehead atoms. The lowest BCUT2D eigenvalue weighted by Crippen LogP contribution is -2.19. The standard InChI is InChI=1S/C26H40F2OS/c1-3-4-5-6-20-11-13-22(14-12-20)18-30-24-16-15-23(25(27)26(24)28)29-17-21-9-7-19(2)8-10-21/h15-16,19-22H,3-14,17-18H2,1-2H3. The van der Waals surface area contributed by atoms with Crippen LogP contribution in [0.25, 0.3) is 0 Å². The third-order valence-electron chi connectivity index (χ3n) is 7.28. The van der Waals surface area contributed by atoms with Gasteiger partial charge in [0.1, 0.15) is 0 Å². The lowest BCUT2D eigenvalue weighted by Gasteiger charge is -2.28. The van der Waals surface area contributed by atoms with Crippen LogP contribution < -0.4 is 4.74 Å². The topological polar surface area (TPSA) is 9.23 Å². The molecule has 0 amide bonds. The molecule has 30 heavy (non-hydrogen) atoms. The molecule has 0 aliphatic heterocycles. The summed E-state index contributed by atoms with van der Waals surface area (Å²) in [7, 11) is 0. The SMILES string of the molecule is CCCCCC1CCC(CSc2ccc(OCC3CCC(C)CC3)c(F)c2F)CC1. The van der Waals surface area contributed by atoms with E-state index in [1.165, 1.54) is 76.0 Å². The Morgan fingerprint density at radius 2 is 1.53 bits per heavy atom. The van der Waals surface area contributed by atoms with Crippen molar-refractivity contribution < 1.29 is 13.5 Å². The molecule has 0 saturated heterocycles. The minimum Gasteiger partial charge on any atom is -0.490 e. The molecule has 1 nitrogen and oxygen atoms in total. The van der Waals surface area contributed by atoms with Crippen LogP contribution in [0.3, 0.4) is 0 Å². The second kappa shape index (κ2) is 12.3. The predicted molar refractivity (Wildman–Crippen MR) is 123 cm³/mol. The molecule has 0 spiro atoms. The van der Waals surface area contributed by atoms with E-state index in [9.17, 15) is 8.78 Å². The zero-order valence-electron chi connectivity index (χ0n) is 18.9. The predicted octanol–water partition coefficient (Wildman–Crippen LogP) is 8.65. The molecule has 0 aromatic heterocycles. The van der Waals surface area contributed by atoms with Crippen molar-refractivity contribution in [3.63, 3.8) is 0 Å². The lowest BCUT2D eigenvalue weighted by molar-refractivity contribution is 0.181. The van der Waals surface area contributed by atoms with Gasteiger partial charge in [-0.25, -0.2) is 4.39 Å². The highest BCUT2D eigenvalue weighted by molar-refractivity contribution is 7.99. The van der Waals surface area contributed by atoms with E-state index in [-0.39, 0.29) is 5.75 Å². The van der Waals surface area contributed by atoms with Crippen LogP contribution in [0.2, 0.25) is 0 Å². The Labute approximate surface area is 186 Å². The number of rotatable bonds is 10. The van der Waals surface area contributed by atoms with Gasteiger partial charge < -0.3 is 4.74 Å². The molecule has 2 fully saturated rings. The summed E-state index contributed by atoms with van der Waals surface area (Å²) < 4.78 is 34.8. The first-order valence-electron chi connectivity index (χ1n) is 12.3. The highest BCUT2D eigenvalue weighted by Crippen LogP contribution is 2.37. The quantitative estimate of drug-likeness (QED) is 0.267. The zero-order chi connectivity index (χ0) is 21.3. The summed E-state index contributed by atoms with van der Waals surface area (Å²) in [4.78, 5) is 0.427. The van der Waals surface area contributed by atoms with Gasteiger partial charge in [0.2, 0.25) is 5.82 Å². The van der Waals surface area contributed by atoms with E-state index in [0.717, 1.165) is 30.4 Å². The summed E-state index contributed by atoms with van der Waals surface area (Å²) in [6.45, 7) is 5.03. The first-order chi connectivity index (χ1) is 14.6. The van der Waals surface area contributed by atoms with Gasteiger partial charge in [0, 0.05) is 10.6 Å². The minimum absolute atomic E-state index is 0.0723. The second-order valence-electron chi connectivity index (χ2n) is 9.82. The molecule has 1 aromatic carbocycles. The Morgan fingerprint density at radius 1 is 0.867 bits per heavy atom. The maximum absolute atomic E-state index is 14.6. The zero-order valence-corrected chi connectivity index (χ0v) is 19.8. The van der Waals surface area contributed by atoms with Crippen molar-refractivity contribution >= 4 is 11.8 Å². The van der Waals surface area contributed by atoms with Crippen molar-refractivity contribution in [3.8, 4) is 5.75 Å². The third kappa shape index (κ3) is 7.14. The molecule has 2 saturated carbocycles. The number of halogens is 2.